The molecule has 4 rings (SSSR count). The van der Waals surface area contributed by atoms with Crippen molar-refractivity contribution in [3.05, 3.63) is 44.7 Å². The first-order valence-electron chi connectivity index (χ1n) is 10.1. The van der Waals surface area contributed by atoms with Crippen LogP contribution in [-0.4, -0.2) is 50.1 Å². The molecule has 0 bridgehead atoms. The van der Waals surface area contributed by atoms with Gasteiger partial charge in [0.1, 0.15) is 15.8 Å². The number of thiocarbonyl (C=S) groups is 1. The fourth-order valence-electron chi connectivity index (χ4n) is 3.89. The summed E-state index contributed by atoms with van der Waals surface area (Å²) in [4.78, 5) is 46.4. The summed E-state index contributed by atoms with van der Waals surface area (Å²) in [6.45, 7) is 5.35. The number of primary amides is 1. The summed E-state index contributed by atoms with van der Waals surface area (Å²) in [5.74, 6) is -0.169. The van der Waals surface area contributed by atoms with E-state index in [0.29, 0.717) is 58.7 Å². The van der Waals surface area contributed by atoms with Crippen LogP contribution in [0.1, 0.15) is 30.9 Å². The zero-order valence-corrected chi connectivity index (χ0v) is 19.0. The lowest BCUT2D eigenvalue weighted by atomic mass is 9.96. The van der Waals surface area contributed by atoms with Gasteiger partial charge in [0.2, 0.25) is 5.91 Å². The van der Waals surface area contributed by atoms with Gasteiger partial charge in [0.05, 0.1) is 10.5 Å². The molecule has 0 spiro atoms. The number of hydrogen-bond donors (Lipinski definition) is 1. The molecule has 2 aliphatic heterocycles. The van der Waals surface area contributed by atoms with Crippen molar-refractivity contribution in [3.8, 4) is 0 Å². The molecular weight excluding hydrogens is 434 g/mol. The number of rotatable bonds is 4. The lowest BCUT2D eigenvalue weighted by Crippen LogP contribution is -2.40. The van der Waals surface area contributed by atoms with Crippen LogP contribution < -0.4 is 16.2 Å². The molecule has 0 atom stereocenters. The van der Waals surface area contributed by atoms with E-state index in [9.17, 15) is 14.4 Å². The second kappa shape index (κ2) is 8.43. The van der Waals surface area contributed by atoms with E-state index in [2.05, 4.69) is 0 Å². The van der Waals surface area contributed by atoms with E-state index in [1.54, 1.807) is 18.3 Å². The summed E-state index contributed by atoms with van der Waals surface area (Å²) in [6, 6.07) is 3.70. The molecule has 4 heterocycles. The standard InChI is InChI=1S/C21H23N5O3S2/c1-3-25-20(29)15(31-21(25)30)10-14-18(24-8-6-13(7-9-24)17(22)27)23-16-5-4-12(2)11-26(16)19(14)28/h4-5,10-11,13H,3,6-9H2,1-2H3,(H2,22,27)/b15-10+. The normalized spacial score (nSPS) is 19.1. The molecule has 0 unspecified atom stereocenters. The van der Waals surface area contributed by atoms with Crippen LogP contribution >= 0.6 is 24.0 Å². The molecule has 10 heteroatoms. The summed E-state index contributed by atoms with van der Waals surface area (Å²) in [5, 5.41) is 0. The minimum absolute atomic E-state index is 0.176. The smallest absolute Gasteiger partial charge is 0.267 e. The van der Waals surface area contributed by atoms with Crippen LogP contribution in [0.4, 0.5) is 5.82 Å². The molecule has 0 aliphatic carbocycles. The molecule has 2 amide bonds. The average molecular weight is 458 g/mol. The van der Waals surface area contributed by atoms with E-state index in [-0.39, 0.29) is 23.3 Å². The average Bonchev–Trinajstić information content (AvgIpc) is 3.02. The third-order valence-corrected chi connectivity index (χ3v) is 7.03. The van der Waals surface area contributed by atoms with Gasteiger partial charge >= 0.3 is 0 Å². The number of nitrogens with zero attached hydrogens (tertiary/aromatic N) is 4. The van der Waals surface area contributed by atoms with Crippen LogP contribution in [0.15, 0.2) is 28.0 Å². The Bertz CT molecular complexity index is 1180. The van der Waals surface area contributed by atoms with Crippen LogP contribution in [0.3, 0.4) is 0 Å². The van der Waals surface area contributed by atoms with Gasteiger partial charge in [-0.1, -0.05) is 30.0 Å². The van der Waals surface area contributed by atoms with Crippen molar-refractivity contribution in [2.45, 2.75) is 26.7 Å². The zero-order valence-electron chi connectivity index (χ0n) is 17.3. The van der Waals surface area contributed by atoms with Crippen LogP contribution in [-0.2, 0) is 9.59 Å². The van der Waals surface area contributed by atoms with E-state index in [1.807, 2.05) is 24.8 Å². The minimum Gasteiger partial charge on any atom is -0.369 e. The quantitative estimate of drug-likeness (QED) is 0.553. The number of aryl methyl sites for hydroxylation is 1. The Morgan fingerprint density at radius 1 is 1.32 bits per heavy atom. The first-order valence-corrected chi connectivity index (χ1v) is 11.3. The van der Waals surface area contributed by atoms with Gasteiger partial charge in [-0.3, -0.25) is 23.7 Å². The summed E-state index contributed by atoms with van der Waals surface area (Å²) in [6.07, 6.45) is 4.54. The number of amides is 2. The molecule has 2 aromatic heterocycles. The maximum atomic E-state index is 13.5. The topological polar surface area (TPSA) is 101 Å². The minimum atomic E-state index is -0.301. The van der Waals surface area contributed by atoms with E-state index in [1.165, 1.54) is 21.1 Å². The fraction of sp³-hybridized carbons (Fsp3) is 0.381. The van der Waals surface area contributed by atoms with Crippen LogP contribution in [0.5, 0.6) is 0 Å². The molecule has 2 fully saturated rings. The third-order valence-electron chi connectivity index (χ3n) is 5.65. The van der Waals surface area contributed by atoms with Gasteiger partial charge < -0.3 is 10.6 Å². The van der Waals surface area contributed by atoms with Crippen molar-refractivity contribution < 1.29 is 9.59 Å². The predicted molar refractivity (Wildman–Crippen MR) is 126 cm³/mol. The van der Waals surface area contributed by atoms with Crippen molar-refractivity contribution in [3.63, 3.8) is 0 Å². The van der Waals surface area contributed by atoms with Crippen molar-refractivity contribution in [1.29, 1.82) is 0 Å². The molecule has 0 aromatic carbocycles. The molecule has 2 aliphatic rings. The van der Waals surface area contributed by atoms with Crippen molar-refractivity contribution >= 4 is 57.7 Å². The molecule has 31 heavy (non-hydrogen) atoms. The second-order valence-corrected chi connectivity index (χ2v) is 9.35. The number of pyridine rings is 1. The maximum Gasteiger partial charge on any atom is 0.267 e. The highest BCUT2D eigenvalue weighted by atomic mass is 32.2. The van der Waals surface area contributed by atoms with Crippen molar-refractivity contribution in [2.75, 3.05) is 24.5 Å². The lowest BCUT2D eigenvalue weighted by Gasteiger charge is -2.32. The Morgan fingerprint density at radius 2 is 2.03 bits per heavy atom. The number of hydrogen-bond acceptors (Lipinski definition) is 7. The highest BCUT2D eigenvalue weighted by Gasteiger charge is 2.32. The van der Waals surface area contributed by atoms with Gasteiger partial charge in [0.15, 0.2) is 0 Å². The fourth-order valence-corrected chi connectivity index (χ4v) is 5.26. The summed E-state index contributed by atoms with van der Waals surface area (Å²) < 4.78 is 1.98. The Hall–Kier alpha value is -2.72. The van der Waals surface area contributed by atoms with Crippen molar-refractivity contribution in [2.24, 2.45) is 11.7 Å². The zero-order chi connectivity index (χ0) is 22.3. The number of carbonyl (C=O) groups excluding carboxylic acids is 2. The number of anilines is 1. The van der Waals surface area contributed by atoms with E-state index < -0.39 is 0 Å². The van der Waals surface area contributed by atoms with Crippen LogP contribution in [0.2, 0.25) is 0 Å². The summed E-state index contributed by atoms with van der Waals surface area (Å²) in [5.41, 5.74) is 7.02. The number of thioether (sulfide) groups is 1. The van der Waals surface area contributed by atoms with E-state index in [0.717, 1.165) is 5.56 Å². The summed E-state index contributed by atoms with van der Waals surface area (Å²) >= 11 is 6.50. The van der Waals surface area contributed by atoms with Gasteiger partial charge in [0, 0.05) is 31.7 Å². The Balaban J connectivity index is 1.84. The van der Waals surface area contributed by atoms with Crippen molar-refractivity contribution in [1.82, 2.24) is 14.3 Å². The maximum absolute atomic E-state index is 13.5. The predicted octanol–water partition coefficient (Wildman–Crippen LogP) is 1.93. The second-order valence-electron chi connectivity index (χ2n) is 7.68. The number of carbonyl (C=O) groups is 2. The number of fused-ring (bicyclic) bond motifs is 1. The van der Waals surface area contributed by atoms with Crippen LogP contribution in [0.25, 0.3) is 11.7 Å². The van der Waals surface area contributed by atoms with Gasteiger partial charge in [-0.25, -0.2) is 4.98 Å². The number of likely N-dealkylation sites (N-methyl/N-ethyl adjacent to an activating group) is 1. The molecule has 2 N–H and O–H groups in total. The van der Waals surface area contributed by atoms with Crippen LogP contribution in [0, 0.1) is 12.8 Å². The van der Waals surface area contributed by atoms with Gasteiger partial charge in [0.25, 0.3) is 11.5 Å². The van der Waals surface area contributed by atoms with Gasteiger partial charge in [-0.05, 0) is 44.4 Å². The first kappa shape index (κ1) is 21.5. The number of nitrogens with two attached hydrogens (primary N) is 1. The molecule has 0 radical (unpaired) electrons. The number of aromatic nitrogens is 2. The van der Waals surface area contributed by atoms with Gasteiger partial charge in [-0.2, -0.15) is 0 Å². The van der Waals surface area contributed by atoms with E-state index in [4.69, 9.17) is 22.9 Å². The SMILES string of the molecule is CCN1C(=O)/C(=C\c2c(N3CCC(C(N)=O)CC3)nc3ccc(C)cn3c2=O)SC1=S. The Kier molecular flexibility index (Phi) is 5.85. The Morgan fingerprint density at radius 3 is 2.65 bits per heavy atom. The van der Waals surface area contributed by atoms with Gasteiger partial charge in [-0.15, -0.1) is 0 Å². The molecule has 162 valence electrons. The Labute approximate surface area is 189 Å². The highest BCUT2D eigenvalue weighted by Crippen LogP contribution is 2.34. The molecule has 0 saturated carbocycles. The first-order chi connectivity index (χ1) is 14.8. The molecule has 2 aromatic rings. The lowest BCUT2D eigenvalue weighted by molar-refractivity contribution is -0.123. The molecule has 8 nitrogen and oxygen atoms in total. The molecular formula is C21H23N5O3S2. The summed E-state index contributed by atoms with van der Waals surface area (Å²) in [7, 11) is 0. The largest absolute Gasteiger partial charge is 0.369 e. The third kappa shape index (κ3) is 3.97. The monoisotopic (exact) mass is 457 g/mol. The van der Waals surface area contributed by atoms with E-state index >= 15 is 0 Å². The number of piperidine rings is 1. The molecule has 2 saturated heterocycles. The highest BCUT2D eigenvalue weighted by molar-refractivity contribution is 8.26.